The van der Waals surface area contributed by atoms with Crippen molar-refractivity contribution in [1.29, 1.82) is 5.26 Å². The highest BCUT2D eigenvalue weighted by Crippen LogP contribution is 2.14. The van der Waals surface area contributed by atoms with Gasteiger partial charge in [-0.25, -0.2) is 9.18 Å². The molecule has 0 aliphatic rings. The average molecular weight is 327 g/mol. The van der Waals surface area contributed by atoms with Crippen LogP contribution in [0.1, 0.15) is 11.1 Å². The molecule has 2 amide bonds. The molecule has 2 aromatic carbocycles. The van der Waals surface area contributed by atoms with Gasteiger partial charge in [0.1, 0.15) is 17.9 Å². The maximum atomic E-state index is 13.6. The fraction of sp³-hybridized carbons (Fsp3) is 0.118. The van der Waals surface area contributed by atoms with Gasteiger partial charge in [-0.2, -0.15) is 5.26 Å². The summed E-state index contributed by atoms with van der Waals surface area (Å²) >= 11 is 0. The molecule has 0 heterocycles. The molecule has 24 heavy (non-hydrogen) atoms. The number of carbonyl (C=O) groups excluding carboxylic acids is 1. The number of carboxylic acid groups (broad SMARTS) is 1. The topological polar surface area (TPSA) is 102 Å². The van der Waals surface area contributed by atoms with Crippen LogP contribution >= 0.6 is 0 Å². The molecule has 0 aliphatic heterocycles. The van der Waals surface area contributed by atoms with Crippen molar-refractivity contribution in [3.63, 3.8) is 0 Å². The summed E-state index contributed by atoms with van der Waals surface area (Å²) in [6.45, 7) is 0. The summed E-state index contributed by atoms with van der Waals surface area (Å²) in [5.41, 5.74) is 0.775. The molecule has 0 unspecified atom stereocenters. The number of rotatable bonds is 5. The van der Waals surface area contributed by atoms with Gasteiger partial charge < -0.3 is 15.7 Å². The van der Waals surface area contributed by atoms with Crippen LogP contribution in [0.2, 0.25) is 0 Å². The number of nitrogens with one attached hydrogen (secondary N) is 2. The molecule has 2 rings (SSSR count). The molecule has 2 aromatic rings. The lowest BCUT2D eigenvalue weighted by atomic mass is 10.1. The molecule has 7 heteroatoms. The van der Waals surface area contributed by atoms with E-state index in [-0.39, 0.29) is 17.7 Å². The number of halogens is 1. The molecular weight excluding hydrogens is 313 g/mol. The van der Waals surface area contributed by atoms with Crippen LogP contribution in [0, 0.1) is 17.1 Å². The summed E-state index contributed by atoms with van der Waals surface area (Å²) in [6.07, 6.45) is -1.19. The number of nitriles is 1. The van der Waals surface area contributed by atoms with E-state index in [2.05, 4.69) is 10.6 Å². The zero-order valence-electron chi connectivity index (χ0n) is 12.5. The Hall–Kier alpha value is -3.40. The van der Waals surface area contributed by atoms with E-state index < -0.39 is 23.9 Å². The second-order valence-electron chi connectivity index (χ2n) is 4.99. The SMILES string of the molecule is N#Cc1ccc(NC(=O)[C@H](Cc2ccccc2)NC(=O)O)cc1F. The molecule has 0 aromatic heterocycles. The Labute approximate surface area is 137 Å². The third kappa shape index (κ3) is 4.55. The highest BCUT2D eigenvalue weighted by molar-refractivity contribution is 5.96. The first-order valence-corrected chi connectivity index (χ1v) is 7.03. The zero-order chi connectivity index (χ0) is 17.5. The second-order valence-corrected chi connectivity index (χ2v) is 4.99. The summed E-state index contributed by atoms with van der Waals surface area (Å²) in [4.78, 5) is 23.2. The van der Waals surface area contributed by atoms with Gasteiger partial charge in [0.2, 0.25) is 5.91 Å². The van der Waals surface area contributed by atoms with Gasteiger partial charge in [-0.3, -0.25) is 4.79 Å². The van der Waals surface area contributed by atoms with Crippen LogP contribution < -0.4 is 10.6 Å². The van der Waals surface area contributed by atoms with Crippen molar-refractivity contribution in [3.05, 3.63) is 65.5 Å². The van der Waals surface area contributed by atoms with Crippen molar-refractivity contribution in [3.8, 4) is 6.07 Å². The predicted octanol–water partition coefficient (Wildman–Crippen LogP) is 2.51. The van der Waals surface area contributed by atoms with E-state index in [4.69, 9.17) is 10.4 Å². The Balaban J connectivity index is 2.14. The van der Waals surface area contributed by atoms with Gasteiger partial charge >= 0.3 is 6.09 Å². The van der Waals surface area contributed by atoms with Crippen molar-refractivity contribution in [2.24, 2.45) is 0 Å². The Morgan fingerprint density at radius 3 is 2.50 bits per heavy atom. The van der Waals surface area contributed by atoms with E-state index in [9.17, 15) is 14.0 Å². The minimum Gasteiger partial charge on any atom is -0.465 e. The third-order valence-electron chi connectivity index (χ3n) is 3.25. The lowest BCUT2D eigenvalue weighted by Gasteiger charge is -2.17. The Morgan fingerprint density at radius 1 is 1.21 bits per heavy atom. The first-order valence-electron chi connectivity index (χ1n) is 7.03. The monoisotopic (exact) mass is 327 g/mol. The highest BCUT2D eigenvalue weighted by atomic mass is 19.1. The molecule has 0 spiro atoms. The maximum absolute atomic E-state index is 13.6. The molecular formula is C17H14FN3O3. The number of carbonyl (C=O) groups is 2. The summed E-state index contributed by atoms with van der Waals surface area (Å²) in [5.74, 6) is -1.38. The van der Waals surface area contributed by atoms with Crippen LogP contribution in [0.3, 0.4) is 0 Å². The van der Waals surface area contributed by atoms with Gasteiger partial charge in [-0.1, -0.05) is 30.3 Å². The lowest BCUT2D eigenvalue weighted by Crippen LogP contribution is -2.44. The predicted molar refractivity (Wildman–Crippen MR) is 84.8 cm³/mol. The third-order valence-corrected chi connectivity index (χ3v) is 3.25. The van der Waals surface area contributed by atoms with Gasteiger partial charge in [-0.05, 0) is 23.8 Å². The van der Waals surface area contributed by atoms with E-state index in [1.54, 1.807) is 30.3 Å². The molecule has 1 atom stereocenters. The van der Waals surface area contributed by atoms with E-state index >= 15 is 0 Å². The van der Waals surface area contributed by atoms with Crippen LogP contribution in [0.5, 0.6) is 0 Å². The van der Waals surface area contributed by atoms with Gasteiger partial charge in [0.05, 0.1) is 5.56 Å². The summed E-state index contributed by atoms with van der Waals surface area (Å²) in [6, 6.07) is 13.2. The van der Waals surface area contributed by atoms with Crippen molar-refractivity contribution < 1.29 is 19.1 Å². The van der Waals surface area contributed by atoms with Crippen molar-refractivity contribution >= 4 is 17.7 Å². The number of benzene rings is 2. The van der Waals surface area contributed by atoms with Crippen LogP contribution in [-0.2, 0) is 11.2 Å². The van der Waals surface area contributed by atoms with Crippen LogP contribution in [0.4, 0.5) is 14.9 Å². The van der Waals surface area contributed by atoms with E-state index in [0.29, 0.717) is 0 Å². The highest BCUT2D eigenvalue weighted by Gasteiger charge is 2.21. The van der Waals surface area contributed by atoms with E-state index in [1.807, 2.05) is 6.07 Å². The number of anilines is 1. The van der Waals surface area contributed by atoms with Crippen LogP contribution in [0.25, 0.3) is 0 Å². The summed E-state index contributed by atoms with van der Waals surface area (Å²) in [7, 11) is 0. The number of hydrogen-bond acceptors (Lipinski definition) is 3. The first-order chi connectivity index (χ1) is 11.5. The molecule has 0 saturated heterocycles. The van der Waals surface area contributed by atoms with Crippen molar-refractivity contribution in [2.45, 2.75) is 12.5 Å². The molecule has 0 bridgehead atoms. The largest absolute Gasteiger partial charge is 0.465 e. The van der Waals surface area contributed by atoms with Gasteiger partial charge in [0.15, 0.2) is 0 Å². The average Bonchev–Trinajstić information content (AvgIpc) is 2.55. The first kappa shape index (κ1) is 17.0. The Morgan fingerprint density at radius 2 is 1.92 bits per heavy atom. The second kappa shape index (κ2) is 7.74. The molecule has 0 saturated carbocycles. The zero-order valence-corrected chi connectivity index (χ0v) is 12.5. The fourth-order valence-corrected chi connectivity index (χ4v) is 2.12. The molecule has 122 valence electrons. The smallest absolute Gasteiger partial charge is 0.405 e. The van der Waals surface area contributed by atoms with Crippen LogP contribution in [0.15, 0.2) is 48.5 Å². The maximum Gasteiger partial charge on any atom is 0.405 e. The summed E-state index contributed by atoms with van der Waals surface area (Å²) < 4.78 is 13.6. The standard InChI is InChI=1S/C17H14FN3O3/c18-14-9-13(7-6-12(14)10-19)20-16(22)15(21-17(23)24)8-11-4-2-1-3-5-11/h1-7,9,15,21H,8H2,(H,20,22)(H,23,24)/t15-/m0/s1. The van der Waals surface area contributed by atoms with Gasteiger partial charge in [0, 0.05) is 12.1 Å². The number of hydrogen-bond donors (Lipinski definition) is 3. The number of amides is 2. The van der Waals surface area contributed by atoms with Crippen LogP contribution in [-0.4, -0.2) is 23.1 Å². The normalized spacial score (nSPS) is 11.2. The molecule has 0 fully saturated rings. The van der Waals surface area contributed by atoms with Gasteiger partial charge in [0.25, 0.3) is 0 Å². The van der Waals surface area contributed by atoms with Crippen molar-refractivity contribution in [2.75, 3.05) is 5.32 Å². The van der Waals surface area contributed by atoms with Crippen molar-refractivity contribution in [1.82, 2.24) is 5.32 Å². The minimum atomic E-state index is -1.34. The molecule has 0 aliphatic carbocycles. The summed E-state index contributed by atoms with van der Waals surface area (Å²) in [5, 5.41) is 22.2. The molecule has 3 N–H and O–H groups in total. The minimum absolute atomic E-state index is 0.141. The quantitative estimate of drug-likeness (QED) is 0.785. The van der Waals surface area contributed by atoms with E-state index in [0.717, 1.165) is 11.6 Å². The fourth-order valence-electron chi connectivity index (χ4n) is 2.12. The Bertz CT molecular complexity index is 787. The van der Waals surface area contributed by atoms with E-state index in [1.165, 1.54) is 12.1 Å². The number of nitrogens with zero attached hydrogens (tertiary/aromatic N) is 1. The molecule has 6 nitrogen and oxygen atoms in total. The lowest BCUT2D eigenvalue weighted by molar-refractivity contribution is -0.118. The van der Waals surface area contributed by atoms with Gasteiger partial charge in [-0.15, -0.1) is 0 Å². The molecule has 0 radical (unpaired) electrons. The Kier molecular flexibility index (Phi) is 5.47.